The van der Waals surface area contributed by atoms with Crippen LogP contribution in [0, 0.1) is 17.7 Å². The second-order valence-electron chi connectivity index (χ2n) is 8.00. The highest BCUT2D eigenvalue weighted by atomic mass is 19.1. The van der Waals surface area contributed by atoms with E-state index in [1.54, 1.807) is 28.0 Å². The molecule has 0 aromatic heterocycles. The summed E-state index contributed by atoms with van der Waals surface area (Å²) in [6, 6.07) is 6.48. The highest BCUT2D eigenvalue weighted by Crippen LogP contribution is 2.19. The molecule has 28 heavy (non-hydrogen) atoms. The second-order valence-corrected chi connectivity index (χ2v) is 8.00. The van der Waals surface area contributed by atoms with Crippen LogP contribution in [0.5, 0.6) is 0 Å². The lowest BCUT2D eigenvalue weighted by Crippen LogP contribution is -2.43. The quantitative estimate of drug-likeness (QED) is 0.744. The molecule has 154 valence electrons. The van der Waals surface area contributed by atoms with Gasteiger partial charge in [0.2, 0.25) is 11.8 Å². The molecule has 2 atom stereocenters. The number of carbonyl (C=O) groups is 2. The smallest absolute Gasteiger partial charge is 0.242 e. The van der Waals surface area contributed by atoms with Crippen molar-refractivity contribution in [2.45, 2.75) is 33.0 Å². The van der Waals surface area contributed by atoms with Crippen molar-refractivity contribution in [1.82, 2.24) is 9.80 Å². The van der Waals surface area contributed by atoms with Gasteiger partial charge in [0.15, 0.2) is 0 Å². The van der Waals surface area contributed by atoms with Crippen molar-refractivity contribution in [3.8, 4) is 0 Å². The van der Waals surface area contributed by atoms with Crippen LogP contribution >= 0.6 is 0 Å². The van der Waals surface area contributed by atoms with Crippen LogP contribution < -0.4 is 0 Å². The van der Waals surface area contributed by atoms with E-state index in [0.717, 1.165) is 0 Å². The summed E-state index contributed by atoms with van der Waals surface area (Å²) in [5, 5.41) is 0. The number of hydrogen-bond donors (Lipinski definition) is 0. The molecule has 0 bridgehead atoms. The summed E-state index contributed by atoms with van der Waals surface area (Å²) in [6.07, 6.45) is 0.316. The van der Waals surface area contributed by atoms with E-state index in [4.69, 9.17) is 9.47 Å². The fraction of sp³-hybridized carbons (Fsp3) is 0.619. The maximum atomic E-state index is 13.9. The molecule has 2 aliphatic rings. The van der Waals surface area contributed by atoms with Crippen LogP contribution in [0.1, 0.15) is 25.8 Å². The molecule has 2 aliphatic heterocycles. The van der Waals surface area contributed by atoms with E-state index in [0.29, 0.717) is 50.8 Å². The molecule has 2 amide bonds. The third-order valence-corrected chi connectivity index (χ3v) is 5.14. The van der Waals surface area contributed by atoms with Gasteiger partial charge in [-0.1, -0.05) is 32.0 Å². The predicted molar refractivity (Wildman–Crippen MR) is 102 cm³/mol. The number of hydrogen-bond acceptors (Lipinski definition) is 4. The maximum absolute atomic E-state index is 13.9. The summed E-state index contributed by atoms with van der Waals surface area (Å²) in [4.78, 5) is 29.0. The van der Waals surface area contributed by atoms with Gasteiger partial charge < -0.3 is 19.3 Å². The van der Waals surface area contributed by atoms with E-state index in [9.17, 15) is 14.0 Å². The minimum absolute atomic E-state index is 0.0572. The Kier molecular flexibility index (Phi) is 7.02. The van der Waals surface area contributed by atoms with Crippen molar-refractivity contribution >= 4 is 11.8 Å². The van der Waals surface area contributed by atoms with Crippen LogP contribution in [-0.4, -0.2) is 67.1 Å². The van der Waals surface area contributed by atoms with E-state index < -0.39 is 0 Å². The Morgan fingerprint density at radius 2 is 2.11 bits per heavy atom. The van der Waals surface area contributed by atoms with E-state index in [1.807, 2.05) is 13.8 Å². The van der Waals surface area contributed by atoms with Gasteiger partial charge in [0.25, 0.3) is 0 Å². The molecule has 7 heteroatoms. The summed E-state index contributed by atoms with van der Waals surface area (Å²) >= 11 is 0. The van der Waals surface area contributed by atoms with E-state index in [1.165, 1.54) is 6.07 Å². The summed E-state index contributed by atoms with van der Waals surface area (Å²) < 4.78 is 25.2. The third-order valence-electron chi connectivity index (χ3n) is 5.14. The largest absolute Gasteiger partial charge is 0.381 e. The fourth-order valence-electron chi connectivity index (χ4n) is 3.68. The summed E-state index contributed by atoms with van der Waals surface area (Å²) in [6.45, 7) is 6.56. The van der Waals surface area contributed by atoms with Crippen molar-refractivity contribution in [2.24, 2.45) is 11.8 Å². The second kappa shape index (κ2) is 9.47. The van der Waals surface area contributed by atoms with E-state index in [-0.39, 0.29) is 42.8 Å². The standard InChI is InChI=1S/C21H29FN2O4/c1-15(2)9-23-10-18(28-14-16-5-3-4-6-19(16)22)11-24(12-20(23)25)21(26)17-7-8-27-13-17/h3-6,15,17-18H,7-14H2,1-2H3. The van der Waals surface area contributed by atoms with Gasteiger partial charge in [-0.05, 0) is 18.4 Å². The Balaban J connectivity index is 1.72. The normalized spacial score (nSPS) is 23.4. The van der Waals surface area contributed by atoms with Crippen molar-refractivity contribution < 1.29 is 23.5 Å². The highest BCUT2D eigenvalue weighted by Gasteiger charge is 2.35. The Bertz CT molecular complexity index is 691. The first-order valence-electron chi connectivity index (χ1n) is 9.93. The topological polar surface area (TPSA) is 59.1 Å². The maximum Gasteiger partial charge on any atom is 0.242 e. The molecule has 2 unspecified atom stereocenters. The number of carbonyl (C=O) groups excluding carboxylic acids is 2. The zero-order valence-electron chi connectivity index (χ0n) is 16.6. The van der Waals surface area contributed by atoms with Gasteiger partial charge in [-0.2, -0.15) is 0 Å². The molecule has 1 aromatic carbocycles. The predicted octanol–water partition coefficient (Wildman–Crippen LogP) is 2.07. The molecule has 0 aliphatic carbocycles. The van der Waals surface area contributed by atoms with E-state index >= 15 is 0 Å². The number of amides is 2. The van der Waals surface area contributed by atoms with Crippen LogP contribution in [0.15, 0.2) is 24.3 Å². The van der Waals surface area contributed by atoms with Gasteiger partial charge in [0.05, 0.1) is 31.8 Å². The lowest BCUT2D eigenvalue weighted by atomic mass is 10.1. The lowest BCUT2D eigenvalue weighted by molar-refractivity contribution is -0.141. The molecular weight excluding hydrogens is 363 g/mol. The summed E-state index contributed by atoms with van der Waals surface area (Å²) in [5.41, 5.74) is 0.468. The van der Waals surface area contributed by atoms with E-state index in [2.05, 4.69) is 0 Å². The van der Waals surface area contributed by atoms with Crippen LogP contribution in [0.3, 0.4) is 0 Å². The molecule has 2 heterocycles. The van der Waals surface area contributed by atoms with Gasteiger partial charge >= 0.3 is 0 Å². The average Bonchev–Trinajstić information content (AvgIpc) is 3.14. The summed E-state index contributed by atoms with van der Waals surface area (Å²) in [5.74, 6) is -0.338. The number of nitrogens with zero attached hydrogens (tertiary/aromatic N) is 2. The lowest BCUT2D eigenvalue weighted by Gasteiger charge is -2.26. The Morgan fingerprint density at radius 1 is 1.32 bits per heavy atom. The van der Waals surface area contributed by atoms with Crippen LogP contribution in [-0.2, 0) is 25.7 Å². The van der Waals surface area contributed by atoms with Crippen molar-refractivity contribution in [3.05, 3.63) is 35.6 Å². The zero-order chi connectivity index (χ0) is 20.1. The highest BCUT2D eigenvalue weighted by molar-refractivity contribution is 5.86. The fourth-order valence-corrected chi connectivity index (χ4v) is 3.68. The summed E-state index contributed by atoms with van der Waals surface area (Å²) in [7, 11) is 0. The SMILES string of the molecule is CC(C)CN1CC(OCc2ccccc2F)CN(C(=O)C2CCOC2)CC1=O. The average molecular weight is 392 g/mol. The van der Waals surface area contributed by atoms with Gasteiger partial charge in [-0.15, -0.1) is 0 Å². The molecule has 2 fully saturated rings. The van der Waals surface area contributed by atoms with Gasteiger partial charge in [-0.3, -0.25) is 9.59 Å². The molecule has 0 radical (unpaired) electrons. The Labute approximate surface area is 165 Å². The molecule has 3 rings (SSSR count). The Hall–Kier alpha value is -1.99. The first kappa shape index (κ1) is 20.7. The molecular formula is C21H29FN2O4. The van der Waals surface area contributed by atoms with Crippen LogP contribution in [0.4, 0.5) is 4.39 Å². The van der Waals surface area contributed by atoms with Crippen LogP contribution in [0.25, 0.3) is 0 Å². The molecule has 1 aromatic rings. The van der Waals surface area contributed by atoms with Gasteiger partial charge in [-0.25, -0.2) is 4.39 Å². The number of rotatable bonds is 6. The molecule has 0 N–H and O–H groups in total. The molecule has 2 saturated heterocycles. The third kappa shape index (κ3) is 5.29. The molecule has 0 spiro atoms. The van der Waals surface area contributed by atoms with Crippen molar-refractivity contribution in [3.63, 3.8) is 0 Å². The monoisotopic (exact) mass is 392 g/mol. The first-order valence-corrected chi connectivity index (χ1v) is 9.93. The minimum atomic E-state index is -0.365. The van der Waals surface area contributed by atoms with Gasteiger partial charge in [0.1, 0.15) is 5.82 Å². The number of halogens is 1. The minimum Gasteiger partial charge on any atom is -0.381 e. The number of benzene rings is 1. The van der Waals surface area contributed by atoms with Gasteiger partial charge in [0, 0.05) is 31.8 Å². The van der Waals surface area contributed by atoms with Crippen LogP contribution in [0.2, 0.25) is 0 Å². The number of ether oxygens (including phenoxy) is 2. The first-order chi connectivity index (χ1) is 13.4. The van der Waals surface area contributed by atoms with Crippen molar-refractivity contribution in [1.29, 1.82) is 0 Å². The molecule has 6 nitrogen and oxygen atoms in total. The Morgan fingerprint density at radius 3 is 2.79 bits per heavy atom. The zero-order valence-corrected chi connectivity index (χ0v) is 16.6. The molecule has 0 saturated carbocycles. The van der Waals surface area contributed by atoms with Crippen molar-refractivity contribution in [2.75, 3.05) is 39.4 Å².